The van der Waals surface area contributed by atoms with Gasteiger partial charge < -0.3 is 9.42 Å². The van der Waals surface area contributed by atoms with Gasteiger partial charge in [-0.3, -0.25) is 0 Å². The van der Waals surface area contributed by atoms with Crippen LogP contribution in [0.25, 0.3) is 22.4 Å². The van der Waals surface area contributed by atoms with E-state index in [0.29, 0.717) is 23.0 Å². The van der Waals surface area contributed by atoms with Gasteiger partial charge in [-0.1, -0.05) is 19.0 Å². The molecule has 0 unspecified atom stereocenters. The molecule has 0 atom stereocenters. The number of aromatic nitrogens is 3. The number of rotatable bonds is 6. The van der Waals surface area contributed by atoms with Crippen molar-refractivity contribution in [1.29, 1.82) is 0 Å². The average Bonchev–Trinajstić information content (AvgIpc) is 3.05. The van der Waals surface area contributed by atoms with Crippen molar-refractivity contribution in [2.24, 2.45) is 0 Å². The molecular weight excluding hydrogens is 331 g/mol. The first kappa shape index (κ1) is 18.3. The third kappa shape index (κ3) is 3.16. The van der Waals surface area contributed by atoms with E-state index in [9.17, 15) is 4.39 Å². The van der Waals surface area contributed by atoms with Gasteiger partial charge in [0.15, 0.2) is 5.82 Å². The Hall–Kier alpha value is -2.50. The quantitative estimate of drug-likeness (QED) is 0.632. The molecule has 2 aromatic heterocycles. The standard InChI is InChI=1S/C20H25FN4O/c1-6-9-25(8-3)19-17(20-22-13(5)24-26-20)12(4)15-10-14(7-2)11-16(21)18(15)23-19/h10-11H,6-9H2,1-5H3. The van der Waals surface area contributed by atoms with Gasteiger partial charge in [0.2, 0.25) is 0 Å². The number of nitrogens with zero attached hydrogens (tertiary/aromatic N) is 4. The molecular formula is C20H25FN4O. The lowest BCUT2D eigenvalue weighted by Gasteiger charge is -2.25. The topological polar surface area (TPSA) is 55.1 Å². The predicted octanol–water partition coefficient (Wildman–Crippen LogP) is 4.84. The Labute approximate surface area is 153 Å². The second-order valence-corrected chi connectivity index (χ2v) is 6.49. The van der Waals surface area contributed by atoms with E-state index >= 15 is 0 Å². The van der Waals surface area contributed by atoms with Gasteiger partial charge in [0.25, 0.3) is 5.89 Å². The lowest BCUT2D eigenvalue weighted by Crippen LogP contribution is -2.25. The predicted molar refractivity (Wildman–Crippen MR) is 102 cm³/mol. The third-order valence-electron chi connectivity index (χ3n) is 4.67. The van der Waals surface area contributed by atoms with E-state index in [1.165, 1.54) is 0 Å². The summed E-state index contributed by atoms with van der Waals surface area (Å²) >= 11 is 0. The van der Waals surface area contributed by atoms with Crippen molar-refractivity contribution < 1.29 is 8.91 Å². The summed E-state index contributed by atoms with van der Waals surface area (Å²) in [6.07, 6.45) is 1.73. The van der Waals surface area contributed by atoms with Crippen LogP contribution in [-0.2, 0) is 6.42 Å². The largest absolute Gasteiger partial charge is 0.356 e. The molecule has 138 valence electrons. The van der Waals surface area contributed by atoms with Gasteiger partial charge in [0, 0.05) is 18.5 Å². The highest BCUT2D eigenvalue weighted by Gasteiger charge is 2.23. The van der Waals surface area contributed by atoms with E-state index in [2.05, 4.69) is 28.9 Å². The van der Waals surface area contributed by atoms with Crippen molar-refractivity contribution in [1.82, 2.24) is 15.1 Å². The molecule has 0 aliphatic rings. The van der Waals surface area contributed by atoms with E-state index in [-0.39, 0.29) is 5.82 Å². The van der Waals surface area contributed by atoms with Crippen molar-refractivity contribution >= 4 is 16.7 Å². The Morgan fingerprint density at radius 2 is 1.88 bits per heavy atom. The van der Waals surface area contributed by atoms with Crippen LogP contribution in [0.1, 0.15) is 44.1 Å². The van der Waals surface area contributed by atoms with Gasteiger partial charge in [-0.2, -0.15) is 4.98 Å². The lowest BCUT2D eigenvalue weighted by atomic mass is 10.00. The molecule has 0 amide bonds. The van der Waals surface area contributed by atoms with Gasteiger partial charge >= 0.3 is 0 Å². The maximum Gasteiger partial charge on any atom is 0.261 e. The number of hydrogen-bond donors (Lipinski definition) is 0. The number of hydrogen-bond acceptors (Lipinski definition) is 5. The Kier molecular flexibility index (Phi) is 5.20. The number of benzene rings is 1. The minimum Gasteiger partial charge on any atom is -0.356 e. The van der Waals surface area contributed by atoms with Gasteiger partial charge in [0.05, 0.1) is 5.56 Å². The van der Waals surface area contributed by atoms with Crippen LogP contribution in [0.2, 0.25) is 0 Å². The summed E-state index contributed by atoms with van der Waals surface area (Å²) < 4.78 is 20.2. The Bertz CT molecular complexity index is 935. The zero-order valence-corrected chi connectivity index (χ0v) is 16.1. The fourth-order valence-electron chi connectivity index (χ4n) is 3.29. The summed E-state index contributed by atoms with van der Waals surface area (Å²) in [4.78, 5) is 11.3. The number of fused-ring (bicyclic) bond motifs is 1. The Balaban J connectivity index is 2.37. The first-order valence-corrected chi connectivity index (χ1v) is 9.18. The van der Waals surface area contributed by atoms with Crippen molar-refractivity contribution in [2.75, 3.05) is 18.0 Å². The van der Waals surface area contributed by atoms with E-state index in [1.54, 1.807) is 13.0 Å². The molecule has 2 heterocycles. The maximum absolute atomic E-state index is 14.8. The fraction of sp³-hybridized carbons (Fsp3) is 0.450. The molecule has 0 radical (unpaired) electrons. The summed E-state index contributed by atoms with van der Waals surface area (Å²) in [5.74, 6) is 1.41. The molecule has 3 aromatic rings. The van der Waals surface area contributed by atoms with Crippen LogP contribution in [0.4, 0.5) is 10.2 Å². The number of anilines is 1. The van der Waals surface area contributed by atoms with E-state index in [1.807, 2.05) is 19.9 Å². The minimum absolute atomic E-state index is 0.287. The summed E-state index contributed by atoms with van der Waals surface area (Å²) in [5.41, 5.74) is 3.05. The molecule has 1 aromatic carbocycles. The molecule has 0 bridgehead atoms. The molecule has 0 fully saturated rings. The van der Waals surface area contributed by atoms with Gasteiger partial charge in [-0.05, 0) is 56.9 Å². The second-order valence-electron chi connectivity index (χ2n) is 6.49. The Morgan fingerprint density at radius 1 is 1.12 bits per heavy atom. The summed E-state index contributed by atoms with van der Waals surface area (Å²) in [7, 11) is 0. The number of pyridine rings is 1. The van der Waals surface area contributed by atoms with Gasteiger partial charge in [-0.15, -0.1) is 0 Å². The molecule has 26 heavy (non-hydrogen) atoms. The van der Waals surface area contributed by atoms with Crippen LogP contribution in [0.15, 0.2) is 16.7 Å². The normalized spacial score (nSPS) is 11.3. The summed E-state index contributed by atoms with van der Waals surface area (Å²) in [6, 6.07) is 3.58. The fourth-order valence-corrected chi connectivity index (χ4v) is 3.29. The van der Waals surface area contributed by atoms with Crippen molar-refractivity contribution in [3.05, 3.63) is 34.9 Å². The zero-order chi connectivity index (χ0) is 18.8. The second kappa shape index (κ2) is 7.40. The summed E-state index contributed by atoms with van der Waals surface area (Å²) in [5, 5.41) is 4.73. The van der Waals surface area contributed by atoms with E-state index < -0.39 is 0 Å². The number of halogens is 1. The van der Waals surface area contributed by atoms with E-state index in [4.69, 9.17) is 9.51 Å². The van der Waals surface area contributed by atoms with Crippen molar-refractivity contribution in [3.8, 4) is 11.5 Å². The molecule has 0 aliphatic carbocycles. The molecule has 3 rings (SSSR count). The van der Waals surface area contributed by atoms with Crippen molar-refractivity contribution in [2.45, 2.75) is 47.5 Å². The first-order chi connectivity index (χ1) is 12.5. The van der Waals surface area contributed by atoms with Crippen LogP contribution >= 0.6 is 0 Å². The molecule has 0 spiro atoms. The highest BCUT2D eigenvalue weighted by atomic mass is 19.1. The van der Waals surface area contributed by atoms with Crippen LogP contribution in [0.5, 0.6) is 0 Å². The van der Waals surface area contributed by atoms with Gasteiger partial charge in [0.1, 0.15) is 17.2 Å². The minimum atomic E-state index is -0.287. The lowest BCUT2D eigenvalue weighted by molar-refractivity contribution is 0.425. The van der Waals surface area contributed by atoms with E-state index in [0.717, 1.165) is 48.0 Å². The molecule has 5 nitrogen and oxygen atoms in total. The first-order valence-electron chi connectivity index (χ1n) is 9.18. The SMILES string of the molecule is CCCN(CC)c1nc2c(F)cc(CC)cc2c(C)c1-c1nc(C)no1. The maximum atomic E-state index is 14.8. The molecule has 6 heteroatoms. The molecule has 0 saturated heterocycles. The van der Waals surface area contributed by atoms with Crippen LogP contribution in [-0.4, -0.2) is 28.2 Å². The van der Waals surface area contributed by atoms with Crippen LogP contribution in [0, 0.1) is 19.7 Å². The highest BCUT2D eigenvalue weighted by Crippen LogP contribution is 2.37. The average molecular weight is 356 g/mol. The zero-order valence-electron chi connectivity index (χ0n) is 16.1. The molecule has 0 aliphatic heterocycles. The smallest absolute Gasteiger partial charge is 0.261 e. The molecule has 0 N–H and O–H groups in total. The van der Waals surface area contributed by atoms with Crippen LogP contribution in [0.3, 0.4) is 0 Å². The Morgan fingerprint density at radius 3 is 2.46 bits per heavy atom. The molecule has 0 saturated carbocycles. The highest BCUT2D eigenvalue weighted by molar-refractivity contribution is 5.93. The van der Waals surface area contributed by atoms with Gasteiger partial charge in [-0.25, -0.2) is 9.37 Å². The van der Waals surface area contributed by atoms with Crippen LogP contribution < -0.4 is 4.90 Å². The summed E-state index contributed by atoms with van der Waals surface area (Å²) in [6.45, 7) is 11.5. The number of aryl methyl sites for hydroxylation is 3. The monoisotopic (exact) mass is 356 g/mol. The third-order valence-corrected chi connectivity index (χ3v) is 4.67. The van der Waals surface area contributed by atoms with Crippen molar-refractivity contribution in [3.63, 3.8) is 0 Å².